The highest BCUT2D eigenvalue weighted by atomic mass is 32.1. The molecule has 0 aliphatic carbocycles. The molecule has 5 heteroatoms. The zero-order chi connectivity index (χ0) is 12.8. The summed E-state index contributed by atoms with van der Waals surface area (Å²) in [6.07, 6.45) is 4.29. The van der Waals surface area contributed by atoms with E-state index in [-0.39, 0.29) is 5.91 Å². The van der Waals surface area contributed by atoms with E-state index in [4.69, 9.17) is 5.26 Å². The first-order chi connectivity index (χ1) is 8.79. The van der Waals surface area contributed by atoms with Gasteiger partial charge in [0, 0.05) is 13.0 Å². The number of rotatable bonds is 4. The van der Waals surface area contributed by atoms with Gasteiger partial charge in [-0.05, 0) is 37.4 Å². The minimum atomic E-state index is -0.000441. The van der Waals surface area contributed by atoms with Crippen molar-refractivity contribution in [2.45, 2.75) is 25.7 Å². The predicted molar refractivity (Wildman–Crippen MR) is 72.6 cm³/mol. The normalized spacial score (nSPS) is 16.2. The Morgan fingerprint density at radius 3 is 2.94 bits per heavy atom. The van der Waals surface area contributed by atoms with Crippen LogP contribution in [0.15, 0.2) is 11.4 Å². The molecule has 1 aliphatic rings. The minimum absolute atomic E-state index is 0.000441. The first kappa shape index (κ1) is 13.1. The van der Waals surface area contributed by atoms with E-state index < -0.39 is 0 Å². The van der Waals surface area contributed by atoms with Crippen molar-refractivity contribution in [2.24, 2.45) is 0 Å². The van der Waals surface area contributed by atoms with Crippen LogP contribution in [0.4, 0.5) is 5.00 Å². The minimum Gasteiger partial charge on any atom is -0.317 e. The third-order valence-corrected chi connectivity index (χ3v) is 3.97. The number of nitrogens with zero attached hydrogens (tertiary/aromatic N) is 2. The van der Waals surface area contributed by atoms with E-state index in [1.54, 1.807) is 6.07 Å². The number of nitriles is 1. The molecule has 1 fully saturated rings. The van der Waals surface area contributed by atoms with Gasteiger partial charge in [0.2, 0.25) is 5.91 Å². The van der Waals surface area contributed by atoms with Crippen LogP contribution in [-0.2, 0) is 4.79 Å². The van der Waals surface area contributed by atoms with Crippen molar-refractivity contribution in [1.29, 1.82) is 5.26 Å². The van der Waals surface area contributed by atoms with Gasteiger partial charge in [0.15, 0.2) is 0 Å². The van der Waals surface area contributed by atoms with Gasteiger partial charge in [0.1, 0.15) is 11.1 Å². The number of piperidine rings is 1. The van der Waals surface area contributed by atoms with Crippen molar-refractivity contribution in [2.75, 3.05) is 25.0 Å². The van der Waals surface area contributed by atoms with Gasteiger partial charge in [-0.2, -0.15) is 5.26 Å². The second-order valence-corrected chi connectivity index (χ2v) is 5.39. The van der Waals surface area contributed by atoms with Gasteiger partial charge in [-0.15, -0.1) is 11.3 Å². The molecule has 1 aromatic heterocycles. The smallest absolute Gasteiger partial charge is 0.226 e. The van der Waals surface area contributed by atoms with Crippen molar-refractivity contribution < 1.29 is 4.79 Å². The fourth-order valence-corrected chi connectivity index (χ4v) is 2.88. The lowest BCUT2D eigenvalue weighted by Gasteiger charge is -2.25. The van der Waals surface area contributed by atoms with E-state index in [1.807, 2.05) is 5.38 Å². The predicted octanol–water partition coefficient (Wildman–Crippen LogP) is 2.43. The molecule has 96 valence electrons. The summed E-state index contributed by atoms with van der Waals surface area (Å²) < 4.78 is 0. The van der Waals surface area contributed by atoms with Gasteiger partial charge in [0.25, 0.3) is 0 Å². The Kier molecular flexibility index (Phi) is 4.73. The van der Waals surface area contributed by atoms with E-state index in [9.17, 15) is 4.79 Å². The number of likely N-dealkylation sites (tertiary alicyclic amines) is 1. The second kappa shape index (κ2) is 6.53. The first-order valence-electron chi connectivity index (χ1n) is 6.29. The molecule has 0 unspecified atom stereocenters. The highest BCUT2D eigenvalue weighted by Gasteiger charge is 2.13. The van der Waals surface area contributed by atoms with Gasteiger partial charge in [-0.3, -0.25) is 4.79 Å². The number of carbonyl (C=O) groups is 1. The Labute approximate surface area is 111 Å². The lowest BCUT2D eigenvalue weighted by Crippen LogP contribution is -2.32. The van der Waals surface area contributed by atoms with Crippen molar-refractivity contribution in [1.82, 2.24) is 4.90 Å². The maximum absolute atomic E-state index is 11.8. The van der Waals surface area contributed by atoms with Crippen LogP contribution >= 0.6 is 11.3 Å². The van der Waals surface area contributed by atoms with E-state index >= 15 is 0 Å². The maximum Gasteiger partial charge on any atom is 0.226 e. The summed E-state index contributed by atoms with van der Waals surface area (Å²) in [5, 5.41) is 14.1. The summed E-state index contributed by atoms with van der Waals surface area (Å²) in [5.41, 5.74) is 0.548. The summed E-state index contributed by atoms with van der Waals surface area (Å²) in [4.78, 5) is 14.1. The molecule has 18 heavy (non-hydrogen) atoms. The van der Waals surface area contributed by atoms with Gasteiger partial charge in [-0.1, -0.05) is 6.42 Å². The molecule has 0 saturated carbocycles. The van der Waals surface area contributed by atoms with Gasteiger partial charge < -0.3 is 10.2 Å². The molecule has 1 amide bonds. The van der Waals surface area contributed by atoms with Crippen molar-refractivity contribution in [3.8, 4) is 6.07 Å². The van der Waals surface area contributed by atoms with Gasteiger partial charge >= 0.3 is 0 Å². The lowest BCUT2D eigenvalue weighted by atomic mass is 10.1. The molecule has 1 aliphatic heterocycles. The number of thiophene rings is 1. The molecule has 0 aromatic carbocycles. The number of anilines is 1. The van der Waals surface area contributed by atoms with Crippen LogP contribution < -0.4 is 5.32 Å². The fraction of sp³-hybridized carbons (Fsp3) is 0.538. The molecule has 0 atom stereocenters. The Balaban J connectivity index is 1.77. The van der Waals surface area contributed by atoms with Gasteiger partial charge in [0.05, 0.1) is 5.56 Å². The molecule has 2 rings (SSSR count). The third kappa shape index (κ3) is 3.56. The summed E-state index contributed by atoms with van der Waals surface area (Å²) in [6, 6.07) is 3.80. The van der Waals surface area contributed by atoms with Crippen molar-refractivity contribution in [3.05, 3.63) is 17.0 Å². The van der Waals surface area contributed by atoms with Crippen LogP contribution in [-0.4, -0.2) is 30.4 Å². The molecule has 0 bridgehead atoms. The maximum atomic E-state index is 11.8. The van der Waals surface area contributed by atoms with Crippen LogP contribution in [0, 0.1) is 11.3 Å². The number of carbonyl (C=O) groups excluding carboxylic acids is 1. The number of nitrogens with one attached hydrogen (secondary N) is 1. The van der Waals surface area contributed by atoms with Crippen LogP contribution in [0.1, 0.15) is 31.2 Å². The van der Waals surface area contributed by atoms with Crippen molar-refractivity contribution in [3.63, 3.8) is 0 Å². The summed E-state index contributed by atoms with van der Waals surface area (Å²) in [6.45, 7) is 3.03. The van der Waals surface area contributed by atoms with Crippen LogP contribution in [0.5, 0.6) is 0 Å². The molecule has 1 saturated heterocycles. The molecule has 1 aromatic rings. The average Bonchev–Trinajstić information content (AvgIpc) is 2.85. The van der Waals surface area contributed by atoms with E-state index in [0.29, 0.717) is 17.0 Å². The molecule has 0 spiro atoms. The van der Waals surface area contributed by atoms with Crippen molar-refractivity contribution >= 4 is 22.2 Å². The Morgan fingerprint density at radius 1 is 1.44 bits per heavy atom. The molecule has 2 heterocycles. The third-order valence-electron chi connectivity index (χ3n) is 3.14. The van der Waals surface area contributed by atoms with Crippen LogP contribution in [0.2, 0.25) is 0 Å². The van der Waals surface area contributed by atoms with E-state index in [2.05, 4.69) is 16.3 Å². The Morgan fingerprint density at radius 2 is 2.22 bits per heavy atom. The fourth-order valence-electron chi connectivity index (χ4n) is 2.13. The standard InChI is InChI=1S/C13H17N3OS/c14-10-11-5-9-18-13(11)15-12(17)4-8-16-6-2-1-3-7-16/h5,9H,1-4,6-8H2,(H,15,17). The lowest BCUT2D eigenvalue weighted by molar-refractivity contribution is -0.116. The Hall–Kier alpha value is -1.38. The number of hydrogen-bond acceptors (Lipinski definition) is 4. The number of amides is 1. The second-order valence-electron chi connectivity index (χ2n) is 4.48. The Bertz CT molecular complexity index is 443. The molecular weight excluding hydrogens is 246 g/mol. The molecule has 4 nitrogen and oxygen atoms in total. The zero-order valence-corrected chi connectivity index (χ0v) is 11.1. The van der Waals surface area contributed by atoms with E-state index in [1.165, 1.54) is 30.6 Å². The first-order valence-corrected chi connectivity index (χ1v) is 7.17. The highest BCUT2D eigenvalue weighted by molar-refractivity contribution is 7.14. The van der Waals surface area contributed by atoms with Gasteiger partial charge in [-0.25, -0.2) is 0 Å². The van der Waals surface area contributed by atoms with E-state index in [0.717, 1.165) is 19.6 Å². The monoisotopic (exact) mass is 263 g/mol. The summed E-state index contributed by atoms with van der Waals surface area (Å²) >= 11 is 1.40. The average molecular weight is 263 g/mol. The largest absolute Gasteiger partial charge is 0.317 e. The van der Waals surface area contributed by atoms with Crippen LogP contribution in [0.25, 0.3) is 0 Å². The summed E-state index contributed by atoms with van der Waals surface area (Å²) in [7, 11) is 0. The quantitative estimate of drug-likeness (QED) is 0.907. The van der Waals surface area contributed by atoms with Crippen LogP contribution in [0.3, 0.4) is 0 Å². The highest BCUT2D eigenvalue weighted by Crippen LogP contribution is 2.22. The number of hydrogen-bond donors (Lipinski definition) is 1. The zero-order valence-electron chi connectivity index (χ0n) is 10.3. The SMILES string of the molecule is N#Cc1ccsc1NC(=O)CCN1CCCCC1. The molecule has 0 radical (unpaired) electrons. The molecular formula is C13H17N3OS. The summed E-state index contributed by atoms with van der Waals surface area (Å²) in [5.74, 6) is -0.000441. The topological polar surface area (TPSA) is 56.1 Å². The molecule has 1 N–H and O–H groups in total.